The summed E-state index contributed by atoms with van der Waals surface area (Å²) in [6.07, 6.45) is 0.928. The first-order chi connectivity index (χ1) is 13.6. The molecule has 2 aromatic carbocycles. The van der Waals surface area contributed by atoms with Crippen molar-refractivity contribution in [2.24, 2.45) is 4.40 Å². The second-order valence-electron chi connectivity index (χ2n) is 5.70. The summed E-state index contributed by atoms with van der Waals surface area (Å²) in [6, 6.07) is 14.6. The van der Waals surface area contributed by atoms with E-state index in [0.717, 1.165) is 6.08 Å². The highest BCUT2D eigenvalue weighted by Crippen LogP contribution is 2.27. The Hall–Kier alpha value is -2.46. The molecule has 0 unspecified atom stereocenters. The first-order valence-corrected chi connectivity index (χ1v) is 11.6. The van der Waals surface area contributed by atoms with Gasteiger partial charge in [0, 0.05) is 0 Å². The van der Waals surface area contributed by atoms with E-state index in [2.05, 4.69) is 9.12 Å². The molecule has 0 atom stereocenters. The van der Waals surface area contributed by atoms with E-state index in [9.17, 15) is 21.6 Å². The third kappa shape index (κ3) is 4.59. The van der Waals surface area contributed by atoms with Gasteiger partial charge < -0.3 is 0 Å². The van der Waals surface area contributed by atoms with Crippen LogP contribution in [0.15, 0.2) is 96.7 Å². The molecule has 0 saturated heterocycles. The maximum absolute atomic E-state index is 12.5. The summed E-state index contributed by atoms with van der Waals surface area (Å²) in [7, 11) is -8.30. The average molecular weight is 471 g/mol. The van der Waals surface area contributed by atoms with E-state index in [4.69, 9.17) is 23.2 Å². The fourth-order valence-corrected chi connectivity index (χ4v) is 4.83. The van der Waals surface area contributed by atoms with Gasteiger partial charge in [0.25, 0.3) is 20.0 Å². The van der Waals surface area contributed by atoms with Crippen LogP contribution in [0.5, 0.6) is 0 Å². The van der Waals surface area contributed by atoms with Crippen LogP contribution >= 0.6 is 23.2 Å². The molecular weight excluding hydrogens is 459 g/mol. The van der Waals surface area contributed by atoms with Gasteiger partial charge in [0.05, 0.1) is 20.5 Å². The predicted molar refractivity (Wildman–Crippen MR) is 110 cm³/mol. The molecular formula is C18H12Cl2N2O5S2. The van der Waals surface area contributed by atoms with Crippen molar-refractivity contribution in [1.29, 1.82) is 0 Å². The lowest BCUT2D eigenvalue weighted by molar-refractivity contribution is -0.111. The normalized spacial score (nSPS) is 16.7. The summed E-state index contributed by atoms with van der Waals surface area (Å²) < 4.78 is 55.7. The Kier molecular flexibility index (Phi) is 5.95. The van der Waals surface area contributed by atoms with E-state index >= 15 is 0 Å². The number of Topliss-reactive ketones (excluding diaryl/α,β-unsaturated/α-hetero) is 1. The Morgan fingerprint density at radius 3 is 1.83 bits per heavy atom. The van der Waals surface area contributed by atoms with Crippen molar-refractivity contribution < 1.29 is 21.6 Å². The van der Waals surface area contributed by atoms with Crippen LogP contribution in [-0.4, -0.2) is 28.3 Å². The van der Waals surface area contributed by atoms with Gasteiger partial charge in [-0.1, -0.05) is 59.6 Å². The minimum absolute atomic E-state index is 0.0964. The van der Waals surface area contributed by atoms with Crippen LogP contribution in [0, 0.1) is 0 Å². The zero-order valence-corrected chi connectivity index (χ0v) is 17.6. The Morgan fingerprint density at radius 2 is 1.28 bits per heavy atom. The molecule has 1 N–H and O–H groups in total. The largest absolute Gasteiger partial charge is 0.286 e. The standard InChI is InChI=1S/C18H12Cl2N2O5S2/c19-16-14(21-28(24,25)12-7-3-1-4-8-12)11-15(18(23)17(16)20)22-29(26,27)13-9-5-2-6-10-13/h1-11,22H. The van der Waals surface area contributed by atoms with E-state index in [1.165, 1.54) is 48.5 Å². The highest BCUT2D eigenvalue weighted by atomic mass is 35.5. The summed E-state index contributed by atoms with van der Waals surface area (Å²) >= 11 is 11.9. The average Bonchev–Trinajstić information content (AvgIpc) is 2.71. The molecule has 1 aliphatic rings. The molecule has 11 heteroatoms. The fraction of sp³-hybridized carbons (Fsp3) is 0. The molecule has 0 fully saturated rings. The van der Waals surface area contributed by atoms with E-state index in [0.29, 0.717) is 0 Å². The first-order valence-electron chi connectivity index (χ1n) is 7.92. The highest BCUT2D eigenvalue weighted by molar-refractivity contribution is 7.90. The van der Waals surface area contributed by atoms with Gasteiger partial charge >= 0.3 is 0 Å². The number of allylic oxidation sites excluding steroid dienone is 3. The zero-order chi connectivity index (χ0) is 21.2. The minimum Gasteiger partial charge on any atom is -0.286 e. The lowest BCUT2D eigenvalue weighted by Gasteiger charge is -2.16. The Morgan fingerprint density at radius 1 is 0.759 bits per heavy atom. The molecule has 1 aliphatic carbocycles. The lowest BCUT2D eigenvalue weighted by Crippen LogP contribution is -2.31. The van der Waals surface area contributed by atoms with Gasteiger partial charge in [0.15, 0.2) is 0 Å². The van der Waals surface area contributed by atoms with Gasteiger partial charge in [-0.15, -0.1) is 0 Å². The van der Waals surface area contributed by atoms with Gasteiger partial charge in [0.1, 0.15) is 10.7 Å². The molecule has 150 valence electrons. The van der Waals surface area contributed by atoms with Crippen molar-refractivity contribution in [3.05, 3.63) is 82.5 Å². The van der Waals surface area contributed by atoms with Crippen LogP contribution in [-0.2, 0) is 24.8 Å². The molecule has 2 aromatic rings. The molecule has 0 aromatic heterocycles. The number of benzene rings is 2. The van der Waals surface area contributed by atoms with Crippen molar-refractivity contribution in [1.82, 2.24) is 4.72 Å². The third-order valence-corrected chi connectivity index (χ3v) is 7.23. The third-order valence-electron chi connectivity index (χ3n) is 3.70. The molecule has 3 rings (SSSR count). The summed E-state index contributed by atoms with van der Waals surface area (Å²) in [4.78, 5) is 12.1. The summed E-state index contributed by atoms with van der Waals surface area (Å²) in [5.41, 5.74) is -0.851. The van der Waals surface area contributed by atoms with Gasteiger partial charge in [-0.05, 0) is 30.3 Å². The van der Waals surface area contributed by atoms with Crippen molar-refractivity contribution in [3.8, 4) is 0 Å². The second-order valence-corrected chi connectivity index (χ2v) is 9.74. The van der Waals surface area contributed by atoms with Crippen molar-refractivity contribution in [2.45, 2.75) is 9.79 Å². The van der Waals surface area contributed by atoms with Crippen LogP contribution in [0.25, 0.3) is 0 Å². The van der Waals surface area contributed by atoms with Crippen LogP contribution < -0.4 is 4.72 Å². The number of hydrogen-bond acceptors (Lipinski definition) is 5. The maximum Gasteiger partial charge on any atom is 0.282 e. The molecule has 0 aliphatic heterocycles. The number of carbonyl (C=O) groups excluding carboxylic acids is 1. The number of halogens is 2. The van der Waals surface area contributed by atoms with Crippen molar-refractivity contribution >= 4 is 54.7 Å². The Balaban J connectivity index is 2.04. The monoisotopic (exact) mass is 470 g/mol. The van der Waals surface area contributed by atoms with Gasteiger partial charge in [0.2, 0.25) is 5.78 Å². The van der Waals surface area contributed by atoms with E-state index in [1.807, 2.05) is 0 Å². The first kappa shape index (κ1) is 21.3. The van der Waals surface area contributed by atoms with E-state index < -0.39 is 41.6 Å². The number of nitrogens with zero attached hydrogens (tertiary/aromatic N) is 1. The number of nitrogens with one attached hydrogen (secondary N) is 1. The number of hydrogen-bond donors (Lipinski definition) is 1. The fourth-order valence-electron chi connectivity index (χ4n) is 2.32. The minimum atomic E-state index is -4.18. The summed E-state index contributed by atoms with van der Waals surface area (Å²) in [5, 5.41) is -0.958. The highest BCUT2D eigenvalue weighted by Gasteiger charge is 2.30. The van der Waals surface area contributed by atoms with Crippen LogP contribution in [0.2, 0.25) is 0 Å². The smallest absolute Gasteiger partial charge is 0.282 e. The Labute approximate surface area is 177 Å². The predicted octanol–water partition coefficient (Wildman–Crippen LogP) is 2.95. The summed E-state index contributed by atoms with van der Waals surface area (Å²) in [5.74, 6) is -0.910. The zero-order valence-electron chi connectivity index (χ0n) is 14.4. The molecule has 29 heavy (non-hydrogen) atoms. The van der Waals surface area contributed by atoms with Gasteiger partial charge in [-0.2, -0.15) is 12.8 Å². The second kappa shape index (κ2) is 8.11. The SMILES string of the molecule is O=C1C(NS(=O)(=O)c2ccccc2)=CC(=NS(=O)(=O)c2ccccc2)C(Cl)=C1Cl. The molecule has 0 radical (unpaired) electrons. The maximum atomic E-state index is 12.5. The molecule has 0 heterocycles. The Bertz CT molecular complexity index is 1270. The lowest BCUT2D eigenvalue weighted by atomic mass is 10.1. The molecule has 0 saturated carbocycles. The quantitative estimate of drug-likeness (QED) is 0.675. The number of sulfonamides is 2. The van der Waals surface area contributed by atoms with Crippen LogP contribution in [0.3, 0.4) is 0 Å². The van der Waals surface area contributed by atoms with E-state index in [-0.39, 0.29) is 15.5 Å². The topological polar surface area (TPSA) is 110 Å². The van der Waals surface area contributed by atoms with Gasteiger partial charge in [-0.25, -0.2) is 8.42 Å². The molecule has 7 nitrogen and oxygen atoms in total. The van der Waals surface area contributed by atoms with E-state index in [1.54, 1.807) is 12.1 Å². The van der Waals surface area contributed by atoms with Crippen LogP contribution in [0.1, 0.15) is 0 Å². The van der Waals surface area contributed by atoms with Gasteiger partial charge in [-0.3, -0.25) is 9.52 Å². The molecule has 0 bridgehead atoms. The van der Waals surface area contributed by atoms with Crippen molar-refractivity contribution in [3.63, 3.8) is 0 Å². The van der Waals surface area contributed by atoms with Crippen LogP contribution in [0.4, 0.5) is 0 Å². The molecule has 0 amide bonds. The number of rotatable bonds is 5. The number of carbonyl (C=O) groups is 1. The van der Waals surface area contributed by atoms with Crippen molar-refractivity contribution in [2.75, 3.05) is 0 Å². The summed E-state index contributed by atoms with van der Waals surface area (Å²) in [6.45, 7) is 0. The molecule has 0 spiro atoms. The number of ketones is 1.